The maximum atomic E-state index is 4.30. The molecular formula is C22H19Br3N2. The minimum atomic E-state index is 0.886. The van der Waals surface area contributed by atoms with E-state index in [0.717, 1.165) is 25.7 Å². The van der Waals surface area contributed by atoms with Crippen molar-refractivity contribution in [1.29, 1.82) is 0 Å². The molecule has 0 fully saturated rings. The van der Waals surface area contributed by atoms with E-state index in [1.54, 1.807) is 0 Å². The number of pyridine rings is 2. The zero-order chi connectivity index (χ0) is 19.6. The summed E-state index contributed by atoms with van der Waals surface area (Å²) in [5, 5.41) is 5.79. The first-order chi connectivity index (χ1) is 12.9. The Hall–Kier alpha value is -1.30. The zero-order valence-corrected chi connectivity index (χ0v) is 20.1. The second-order valence-corrected chi connectivity index (χ2v) is 8.72. The number of aromatic nitrogens is 2. The molecule has 0 atom stereocenters. The lowest BCUT2D eigenvalue weighted by Crippen LogP contribution is -1.86. The van der Waals surface area contributed by atoms with Crippen LogP contribution in [0.5, 0.6) is 0 Å². The predicted molar refractivity (Wildman–Crippen MR) is 126 cm³/mol. The second-order valence-electron chi connectivity index (χ2n) is 6.45. The molecule has 2 aromatic carbocycles. The van der Waals surface area contributed by atoms with Gasteiger partial charge in [-0.25, -0.2) is 0 Å². The number of benzene rings is 2. The van der Waals surface area contributed by atoms with Crippen molar-refractivity contribution in [2.24, 2.45) is 0 Å². The van der Waals surface area contributed by atoms with Crippen molar-refractivity contribution in [2.75, 3.05) is 0 Å². The largest absolute Gasteiger partial charge is 0.260 e. The number of nitrogens with zero attached hydrogens (tertiary/aromatic N) is 2. The summed E-state index contributed by atoms with van der Waals surface area (Å²) in [6, 6.07) is 12.8. The van der Waals surface area contributed by atoms with Crippen LogP contribution in [0.15, 0.2) is 57.7 Å². The fourth-order valence-electron chi connectivity index (χ4n) is 2.94. The normalized spacial score (nSPS) is 10.7. The molecule has 0 aliphatic heterocycles. The lowest BCUT2D eigenvalue weighted by molar-refractivity contribution is 1.22. The highest BCUT2D eigenvalue weighted by Crippen LogP contribution is 2.27. The Labute approximate surface area is 184 Å². The molecule has 27 heavy (non-hydrogen) atoms. The quantitative estimate of drug-likeness (QED) is 0.226. The molecule has 0 aliphatic rings. The fraction of sp³-hybridized carbons (Fsp3) is 0.182. The molecule has 0 radical (unpaired) electrons. The van der Waals surface area contributed by atoms with Gasteiger partial charge in [0.2, 0.25) is 0 Å². The first kappa shape index (κ1) is 20.4. The smallest absolute Gasteiger partial charge is 0.0451 e. The van der Waals surface area contributed by atoms with Crippen LogP contribution >= 0.6 is 47.8 Å². The minimum absolute atomic E-state index is 0.886. The molecule has 0 saturated heterocycles. The lowest BCUT2D eigenvalue weighted by Gasteiger charge is -2.05. The van der Waals surface area contributed by atoms with E-state index in [9.17, 15) is 0 Å². The van der Waals surface area contributed by atoms with Crippen LogP contribution in [0.25, 0.3) is 21.5 Å². The number of rotatable bonds is 1. The van der Waals surface area contributed by atoms with E-state index in [-0.39, 0.29) is 0 Å². The van der Waals surface area contributed by atoms with Gasteiger partial charge in [-0.3, -0.25) is 9.97 Å². The molecule has 2 nitrogen and oxygen atoms in total. The average Bonchev–Trinajstić information content (AvgIpc) is 2.68. The molecule has 0 bridgehead atoms. The Morgan fingerprint density at radius 1 is 0.704 bits per heavy atom. The van der Waals surface area contributed by atoms with Crippen molar-refractivity contribution < 1.29 is 0 Å². The summed E-state index contributed by atoms with van der Waals surface area (Å²) in [7, 11) is 0. The third-order valence-electron chi connectivity index (χ3n) is 4.45. The molecule has 0 aliphatic carbocycles. The predicted octanol–water partition coefficient (Wildman–Crippen LogP) is 7.81. The highest BCUT2D eigenvalue weighted by atomic mass is 79.9. The van der Waals surface area contributed by atoms with Crippen LogP contribution in [0.4, 0.5) is 0 Å². The van der Waals surface area contributed by atoms with Crippen molar-refractivity contribution in [3.8, 4) is 0 Å². The van der Waals surface area contributed by atoms with Gasteiger partial charge in [0.25, 0.3) is 0 Å². The van der Waals surface area contributed by atoms with E-state index in [1.165, 1.54) is 32.7 Å². The number of aryl methyl sites for hydroxylation is 3. The van der Waals surface area contributed by atoms with Crippen LogP contribution in [-0.2, 0) is 5.33 Å². The third-order valence-corrected chi connectivity index (χ3v) is 6.36. The van der Waals surface area contributed by atoms with Crippen LogP contribution in [-0.4, -0.2) is 9.97 Å². The van der Waals surface area contributed by atoms with Crippen LogP contribution < -0.4 is 0 Å². The zero-order valence-electron chi connectivity index (χ0n) is 15.4. The van der Waals surface area contributed by atoms with Crippen molar-refractivity contribution in [1.82, 2.24) is 9.97 Å². The van der Waals surface area contributed by atoms with E-state index < -0.39 is 0 Å². The van der Waals surface area contributed by atoms with E-state index in [4.69, 9.17) is 0 Å². The topological polar surface area (TPSA) is 25.8 Å². The van der Waals surface area contributed by atoms with Gasteiger partial charge in [-0.1, -0.05) is 51.8 Å². The van der Waals surface area contributed by atoms with Gasteiger partial charge in [0.1, 0.15) is 0 Å². The van der Waals surface area contributed by atoms with E-state index >= 15 is 0 Å². The van der Waals surface area contributed by atoms with E-state index in [1.807, 2.05) is 26.2 Å². The van der Waals surface area contributed by atoms with Crippen molar-refractivity contribution >= 4 is 69.3 Å². The molecule has 0 N–H and O–H groups in total. The minimum Gasteiger partial charge on any atom is -0.260 e. The standard InChI is InChI=1S/C11H9Br2N.C11H10BrN/c1-7-9-3-2-8(5-12)4-10(9)11(13)6-14-7;1-7-3-4-9-8(2)13-6-11(12)10(9)5-7/h2-4,6H,5H2,1H3;3-6H,1-2H3. The molecule has 138 valence electrons. The SMILES string of the molecule is Cc1ccc2c(C)ncc(Br)c2c1.Cc1ncc(Br)c2cc(CBr)ccc12. The van der Waals surface area contributed by atoms with Crippen LogP contribution in [0.1, 0.15) is 22.5 Å². The molecule has 4 rings (SSSR count). The Balaban J connectivity index is 0.000000156. The molecule has 2 aromatic heterocycles. The molecule has 0 saturated carbocycles. The summed E-state index contributed by atoms with van der Waals surface area (Å²) < 4.78 is 2.12. The number of hydrogen-bond acceptors (Lipinski definition) is 2. The molecule has 2 heterocycles. The maximum absolute atomic E-state index is 4.30. The summed E-state index contributed by atoms with van der Waals surface area (Å²) in [6.07, 6.45) is 3.72. The van der Waals surface area contributed by atoms with Crippen LogP contribution in [0.2, 0.25) is 0 Å². The summed E-state index contributed by atoms with van der Waals surface area (Å²) in [6.45, 7) is 6.16. The maximum Gasteiger partial charge on any atom is 0.0451 e. The molecule has 4 aromatic rings. The Morgan fingerprint density at radius 2 is 1.22 bits per heavy atom. The molecular weight excluding hydrogens is 532 g/mol. The molecule has 0 spiro atoms. The number of halogens is 3. The van der Waals surface area contributed by atoms with Crippen molar-refractivity contribution in [3.05, 3.63) is 80.3 Å². The van der Waals surface area contributed by atoms with Crippen molar-refractivity contribution in [2.45, 2.75) is 26.1 Å². The van der Waals surface area contributed by atoms with Crippen LogP contribution in [0.3, 0.4) is 0 Å². The number of hydrogen-bond donors (Lipinski definition) is 0. The summed E-state index contributed by atoms with van der Waals surface area (Å²) in [5.74, 6) is 0. The van der Waals surface area contributed by atoms with E-state index in [2.05, 4.69) is 101 Å². The van der Waals surface area contributed by atoms with E-state index in [0.29, 0.717) is 0 Å². The Morgan fingerprint density at radius 3 is 1.78 bits per heavy atom. The lowest BCUT2D eigenvalue weighted by atomic mass is 10.1. The number of alkyl halides is 1. The summed E-state index contributed by atoms with van der Waals surface area (Å²) in [5.41, 5.74) is 4.71. The average molecular weight is 551 g/mol. The second kappa shape index (κ2) is 8.80. The van der Waals surface area contributed by atoms with Crippen LogP contribution in [0, 0.1) is 20.8 Å². The van der Waals surface area contributed by atoms with Gasteiger partial charge in [0.05, 0.1) is 0 Å². The molecule has 0 amide bonds. The fourth-order valence-corrected chi connectivity index (χ4v) is 4.15. The highest BCUT2D eigenvalue weighted by molar-refractivity contribution is 9.11. The Bertz CT molecular complexity index is 1120. The molecule has 5 heteroatoms. The first-order valence-electron chi connectivity index (χ1n) is 8.52. The summed E-state index contributed by atoms with van der Waals surface area (Å²) >= 11 is 10.5. The van der Waals surface area contributed by atoms with Gasteiger partial charge in [0.15, 0.2) is 0 Å². The molecule has 0 unspecified atom stereocenters. The first-order valence-corrected chi connectivity index (χ1v) is 11.2. The Kier molecular flexibility index (Phi) is 6.66. The van der Waals surface area contributed by atoms with Gasteiger partial charge in [-0.2, -0.15) is 0 Å². The monoisotopic (exact) mass is 548 g/mol. The highest BCUT2D eigenvalue weighted by Gasteiger charge is 2.03. The van der Waals surface area contributed by atoms with Gasteiger partial charge >= 0.3 is 0 Å². The van der Waals surface area contributed by atoms with Gasteiger partial charge in [-0.05, 0) is 75.0 Å². The third kappa shape index (κ3) is 4.58. The van der Waals surface area contributed by atoms with Crippen molar-refractivity contribution in [3.63, 3.8) is 0 Å². The summed E-state index contributed by atoms with van der Waals surface area (Å²) in [4.78, 5) is 8.59. The van der Waals surface area contributed by atoms with Gasteiger partial charge in [0, 0.05) is 48.8 Å². The number of fused-ring (bicyclic) bond motifs is 2. The van der Waals surface area contributed by atoms with Gasteiger partial charge in [-0.15, -0.1) is 0 Å². The van der Waals surface area contributed by atoms with Gasteiger partial charge < -0.3 is 0 Å².